The third-order valence-corrected chi connectivity index (χ3v) is 2.91. The third-order valence-electron chi connectivity index (χ3n) is 1.62. The second-order valence-electron chi connectivity index (χ2n) is 2.38. The Kier molecular flexibility index (Phi) is 3.00. The summed E-state index contributed by atoms with van der Waals surface area (Å²) >= 11 is 1.95. The molecular weight excluding hydrogens is 128 g/mol. The second kappa shape index (κ2) is 3.85. The van der Waals surface area contributed by atoms with Gasteiger partial charge in [-0.25, -0.2) is 0 Å². The van der Waals surface area contributed by atoms with Gasteiger partial charge in [-0.05, 0) is 18.6 Å². The van der Waals surface area contributed by atoms with Crippen molar-refractivity contribution < 1.29 is 0 Å². The predicted molar refractivity (Wildman–Crippen MR) is 43.5 cm³/mol. The number of rotatable bonds is 0. The molecule has 0 N–H and O–H groups in total. The molecule has 0 aromatic rings. The fourth-order valence-electron chi connectivity index (χ4n) is 1.05. The van der Waals surface area contributed by atoms with Gasteiger partial charge in [-0.2, -0.15) is 0 Å². The summed E-state index contributed by atoms with van der Waals surface area (Å²) in [5.41, 5.74) is 0. The van der Waals surface area contributed by atoms with Crippen LogP contribution in [0.4, 0.5) is 0 Å². The fourth-order valence-corrected chi connectivity index (χ4v) is 2.13. The maximum atomic E-state index is 5.30. The van der Waals surface area contributed by atoms with E-state index in [1.807, 2.05) is 11.8 Å². The first-order valence-corrected chi connectivity index (χ1v) is 4.56. The lowest BCUT2D eigenvalue weighted by molar-refractivity contribution is 0.706. The van der Waals surface area contributed by atoms with E-state index in [4.69, 9.17) is 6.42 Å². The first-order valence-electron chi connectivity index (χ1n) is 3.51. The van der Waals surface area contributed by atoms with Gasteiger partial charge in [0.2, 0.25) is 0 Å². The van der Waals surface area contributed by atoms with Gasteiger partial charge in [0.05, 0.1) is 5.25 Å². The Balaban J connectivity index is 2.29. The summed E-state index contributed by atoms with van der Waals surface area (Å²) in [6, 6.07) is 0. The zero-order chi connectivity index (χ0) is 6.53. The molecule has 9 heavy (non-hydrogen) atoms. The summed E-state index contributed by atoms with van der Waals surface area (Å²) < 4.78 is 0. The molecule has 0 aromatic carbocycles. The fraction of sp³-hybridized carbons (Fsp3) is 0.750. The molecule has 1 atom stereocenters. The molecule has 0 nitrogen and oxygen atoms in total. The zero-order valence-corrected chi connectivity index (χ0v) is 6.41. The van der Waals surface area contributed by atoms with Crippen molar-refractivity contribution in [1.82, 2.24) is 0 Å². The van der Waals surface area contributed by atoms with Crippen LogP contribution in [0.5, 0.6) is 0 Å². The minimum absolute atomic E-state index is 0.521. The summed E-state index contributed by atoms with van der Waals surface area (Å²) in [7, 11) is 0. The molecule has 1 unspecified atom stereocenters. The molecule has 1 aliphatic heterocycles. The molecule has 0 aliphatic carbocycles. The van der Waals surface area contributed by atoms with Crippen molar-refractivity contribution in [1.29, 1.82) is 0 Å². The van der Waals surface area contributed by atoms with Crippen LogP contribution in [0.25, 0.3) is 0 Å². The van der Waals surface area contributed by atoms with Crippen LogP contribution in [0, 0.1) is 12.3 Å². The lowest BCUT2D eigenvalue weighted by atomic mass is 10.2. The molecule has 0 aromatic heterocycles. The van der Waals surface area contributed by atoms with Gasteiger partial charge in [-0.15, -0.1) is 18.2 Å². The average molecular weight is 140 g/mol. The van der Waals surface area contributed by atoms with E-state index in [1.165, 1.54) is 31.4 Å². The van der Waals surface area contributed by atoms with Crippen molar-refractivity contribution in [2.45, 2.75) is 30.9 Å². The number of hydrogen-bond acceptors (Lipinski definition) is 1. The normalized spacial score (nSPS) is 28.6. The Hall–Kier alpha value is -0.0900. The molecule has 1 saturated heterocycles. The summed E-state index contributed by atoms with van der Waals surface area (Å²) in [5, 5.41) is 0.521. The smallest absolute Gasteiger partial charge is 0.0654 e. The maximum Gasteiger partial charge on any atom is 0.0654 e. The molecular formula is C8H12S. The molecule has 0 amide bonds. The van der Waals surface area contributed by atoms with Crippen LogP contribution in [0.2, 0.25) is 0 Å². The van der Waals surface area contributed by atoms with Crippen molar-refractivity contribution in [3.05, 3.63) is 0 Å². The largest absolute Gasteiger partial charge is 0.145 e. The molecule has 0 radical (unpaired) electrons. The summed E-state index contributed by atoms with van der Waals surface area (Å²) in [6.07, 6.45) is 10.6. The second-order valence-corrected chi connectivity index (χ2v) is 3.69. The van der Waals surface area contributed by atoms with Crippen LogP contribution in [0.1, 0.15) is 25.7 Å². The van der Waals surface area contributed by atoms with E-state index >= 15 is 0 Å². The molecule has 0 saturated carbocycles. The van der Waals surface area contributed by atoms with Gasteiger partial charge in [0, 0.05) is 0 Å². The van der Waals surface area contributed by atoms with Gasteiger partial charge in [0.15, 0.2) is 0 Å². The highest BCUT2D eigenvalue weighted by molar-refractivity contribution is 8.00. The highest BCUT2D eigenvalue weighted by Crippen LogP contribution is 2.22. The molecule has 50 valence electrons. The van der Waals surface area contributed by atoms with Crippen LogP contribution in [-0.2, 0) is 0 Å². The van der Waals surface area contributed by atoms with E-state index < -0.39 is 0 Å². The predicted octanol–water partition coefficient (Wildman–Crippen LogP) is 2.30. The maximum absolute atomic E-state index is 5.30. The zero-order valence-electron chi connectivity index (χ0n) is 5.60. The number of hydrogen-bond donors (Lipinski definition) is 0. The van der Waals surface area contributed by atoms with Crippen molar-refractivity contribution in [3.8, 4) is 12.3 Å². The van der Waals surface area contributed by atoms with Gasteiger partial charge in [-0.3, -0.25) is 0 Å². The van der Waals surface area contributed by atoms with E-state index in [-0.39, 0.29) is 0 Å². The van der Waals surface area contributed by atoms with Crippen molar-refractivity contribution in [2.75, 3.05) is 5.75 Å². The van der Waals surface area contributed by atoms with Crippen molar-refractivity contribution in [3.63, 3.8) is 0 Å². The summed E-state index contributed by atoms with van der Waals surface area (Å²) in [4.78, 5) is 0. The lowest BCUT2D eigenvalue weighted by Gasteiger charge is -2.02. The Morgan fingerprint density at radius 3 is 3.00 bits per heavy atom. The third kappa shape index (κ3) is 2.32. The molecule has 1 fully saturated rings. The summed E-state index contributed by atoms with van der Waals surface area (Å²) in [6.45, 7) is 0. The van der Waals surface area contributed by atoms with Crippen LogP contribution in [-0.4, -0.2) is 11.0 Å². The first-order chi connectivity index (χ1) is 4.43. The van der Waals surface area contributed by atoms with Crippen LogP contribution in [0.15, 0.2) is 0 Å². The minimum Gasteiger partial charge on any atom is -0.145 e. The quantitative estimate of drug-likeness (QED) is 0.465. The van der Waals surface area contributed by atoms with E-state index in [1.54, 1.807) is 0 Å². The molecule has 0 spiro atoms. The monoisotopic (exact) mass is 140 g/mol. The topological polar surface area (TPSA) is 0 Å². The Morgan fingerprint density at radius 2 is 2.22 bits per heavy atom. The molecule has 0 bridgehead atoms. The first kappa shape index (κ1) is 7.02. The molecule has 1 heterocycles. The van der Waals surface area contributed by atoms with Gasteiger partial charge in [-0.1, -0.05) is 18.8 Å². The van der Waals surface area contributed by atoms with E-state index in [0.29, 0.717) is 5.25 Å². The Morgan fingerprint density at radius 1 is 1.33 bits per heavy atom. The number of terminal acetylenes is 1. The van der Waals surface area contributed by atoms with E-state index in [0.717, 1.165) is 0 Å². The highest BCUT2D eigenvalue weighted by Gasteiger charge is 2.08. The van der Waals surface area contributed by atoms with Gasteiger partial charge in [0.25, 0.3) is 0 Å². The number of thioether (sulfide) groups is 1. The van der Waals surface area contributed by atoms with Gasteiger partial charge < -0.3 is 0 Å². The van der Waals surface area contributed by atoms with Crippen LogP contribution >= 0.6 is 11.8 Å². The standard InChI is InChI=1S/C8H12S/c1-2-8-6-4-3-5-7-9-8/h1,8H,3-7H2. The van der Waals surface area contributed by atoms with E-state index in [9.17, 15) is 0 Å². The van der Waals surface area contributed by atoms with E-state index in [2.05, 4.69) is 5.92 Å². The minimum atomic E-state index is 0.521. The van der Waals surface area contributed by atoms with Crippen LogP contribution in [0.3, 0.4) is 0 Å². The Bertz CT molecular complexity index is 104. The Labute approximate surface area is 61.4 Å². The highest BCUT2D eigenvalue weighted by atomic mass is 32.2. The van der Waals surface area contributed by atoms with Crippen molar-refractivity contribution in [2.24, 2.45) is 0 Å². The van der Waals surface area contributed by atoms with Crippen molar-refractivity contribution >= 4 is 11.8 Å². The van der Waals surface area contributed by atoms with Crippen LogP contribution < -0.4 is 0 Å². The summed E-state index contributed by atoms with van der Waals surface area (Å²) in [5.74, 6) is 4.08. The molecule has 1 aliphatic rings. The lowest BCUT2D eigenvalue weighted by Crippen LogP contribution is -1.95. The SMILES string of the molecule is C#CC1CCCCCS1. The molecule has 1 heteroatoms. The average Bonchev–Trinajstić information content (AvgIpc) is 2.13. The molecule has 1 rings (SSSR count). The van der Waals surface area contributed by atoms with Gasteiger partial charge >= 0.3 is 0 Å². The van der Waals surface area contributed by atoms with Gasteiger partial charge in [0.1, 0.15) is 0 Å².